The van der Waals surface area contributed by atoms with Crippen LogP contribution in [-0.4, -0.2) is 33.6 Å². The summed E-state index contributed by atoms with van der Waals surface area (Å²) in [5.41, 5.74) is -0.608. The largest absolute Gasteiger partial charge is 0.377 e. The van der Waals surface area contributed by atoms with Gasteiger partial charge in [0.25, 0.3) is 15.0 Å². The van der Waals surface area contributed by atoms with Gasteiger partial charge in [0.05, 0.1) is 21.2 Å². The van der Waals surface area contributed by atoms with E-state index in [0.717, 1.165) is 12.1 Å². The molecular formula is C12H14Cl3NO4S. The molecule has 0 aromatic heterocycles. The zero-order chi connectivity index (χ0) is 16.4. The summed E-state index contributed by atoms with van der Waals surface area (Å²) < 4.78 is 27.9. The summed E-state index contributed by atoms with van der Waals surface area (Å²) in [4.78, 5) is 11.7. The number of halogens is 3. The number of methoxy groups -OCH3 is 1. The van der Waals surface area contributed by atoms with Gasteiger partial charge in [-0.25, -0.2) is 8.42 Å². The van der Waals surface area contributed by atoms with Gasteiger partial charge in [-0.2, -0.15) is 0 Å². The first-order valence-electron chi connectivity index (χ1n) is 5.75. The molecule has 1 rings (SSSR count). The van der Waals surface area contributed by atoms with E-state index in [4.69, 9.17) is 38.6 Å². The number of ether oxygens (including phenoxy) is 1. The predicted molar refractivity (Wildman–Crippen MR) is 82.9 cm³/mol. The molecule has 0 atom stereocenters. The van der Waals surface area contributed by atoms with E-state index < -0.39 is 20.6 Å². The smallest absolute Gasteiger partial charge is 0.262 e. The van der Waals surface area contributed by atoms with Gasteiger partial charge in [-0.15, -0.1) is 0 Å². The number of carbonyl (C=O) groups excluding carboxylic acids is 1. The van der Waals surface area contributed by atoms with Crippen molar-refractivity contribution in [2.45, 2.75) is 24.3 Å². The maximum Gasteiger partial charge on any atom is 0.262 e. The van der Waals surface area contributed by atoms with Gasteiger partial charge in [0.2, 0.25) is 0 Å². The normalized spacial score (nSPS) is 12.3. The molecule has 1 N–H and O–H groups in total. The topological polar surface area (TPSA) is 72.5 Å². The van der Waals surface area contributed by atoms with Crippen molar-refractivity contribution in [3.05, 3.63) is 27.7 Å². The Hall–Kier alpha value is -0.530. The highest BCUT2D eigenvalue weighted by atomic mass is 35.7. The number of nitrogens with one attached hydrogen (secondary N) is 1. The molecule has 0 saturated heterocycles. The number of rotatable bonds is 5. The van der Waals surface area contributed by atoms with Crippen LogP contribution in [0.3, 0.4) is 0 Å². The SMILES string of the molecule is COC(C)(C)CNC(=O)c1cc(S(=O)(=O)Cl)c(Cl)cc1Cl. The van der Waals surface area contributed by atoms with Crippen LogP contribution in [0, 0.1) is 0 Å². The van der Waals surface area contributed by atoms with Crippen molar-refractivity contribution in [3.8, 4) is 0 Å². The molecule has 0 saturated carbocycles. The fourth-order valence-corrected chi connectivity index (χ4v) is 3.18. The van der Waals surface area contributed by atoms with Crippen LogP contribution in [-0.2, 0) is 13.8 Å². The predicted octanol–water partition coefficient (Wildman–Crippen LogP) is 3.08. The molecule has 1 amide bonds. The molecule has 21 heavy (non-hydrogen) atoms. The third kappa shape index (κ3) is 5.00. The van der Waals surface area contributed by atoms with Crippen molar-refractivity contribution in [2.75, 3.05) is 13.7 Å². The molecule has 0 spiro atoms. The first-order chi connectivity index (χ1) is 9.48. The minimum absolute atomic E-state index is 0.0248. The molecule has 0 aliphatic carbocycles. The van der Waals surface area contributed by atoms with Crippen LogP contribution < -0.4 is 5.32 Å². The minimum atomic E-state index is -4.08. The van der Waals surface area contributed by atoms with E-state index in [1.807, 2.05) is 0 Å². The van der Waals surface area contributed by atoms with Crippen LogP contribution in [0.1, 0.15) is 24.2 Å². The van der Waals surface area contributed by atoms with Crippen LogP contribution in [0.2, 0.25) is 10.0 Å². The fourth-order valence-electron chi connectivity index (χ4n) is 1.35. The van der Waals surface area contributed by atoms with Crippen LogP contribution in [0.4, 0.5) is 0 Å². The highest BCUT2D eigenvalue weighted by molar-refractivity contribution is 8.13. The van der Waals surface area contributed by atoms with Crippen molar-refractivity contribution in [1.82, 2.24) is 5.32 Å². The van der Waals surface area contributed by atoms with E-state index >= 15 is 0 Å². The van der Waals surface area contributed by atoms with Crippen LogP contribution >= 0.6 is 33.9 Å². The fraction of sp³-hybridized carbons (Fsp3) is 0.417. The third-order valence-corrected chi connectivity index (χ3v) is 4.86. The molecule has 5 nitrogen and oxygen atoms in total. The van der Waals surface area contributed by atoms with Crippen molar-refractivity contribution in [2.24, 2.45) is 0 Å². The van der Waals surface area contributed by atoms with Crippen molar-refractivity contribution < 1.29 is 17.9 Å². The second-order valence-corrected chi connectivity index (χ2v) is 8.20. The average Bonchev–Trinajstić information content (AvgIpc) is 2.34. The van der Waals surface area contributed by atoms with E-state index in [-0.39, 0.29) is 27.0 Å². The molecule has 118 valence electrons. The van der Waals surface area contributed by atoms with Gasteiger partial charge < -0.3 is 10.1 Å². The number of carbonyl (C=O) groups is 1. The molecule has 0 unspecified atom stereocenters. The quantitative estimate of drug-likeness (QED) is 0.804. The Morgan fingerprint density at radius 2 is 1.86 bits per heavy atom. The lowest BCUT2D eigenvalue weighted by molar-refractivity contribution is 0.0229. The van der Waals surface area contributed by atoms with E-state index in [1.54, 1.807) is 13.8 Å². The molecule has 1 aromatic carbocycles. The highest BCUT2D eigenvalue weighted by Gasteiger charge is 2.23. The highest BCUT2D eigenvalue weighted by Crippen LogP contribution is 2.30. The Labute approximate surface area is 137 Å². The number of hydrogen-bond donors (Lipinski definition) is 1. The van der Waals surface area contributed by atoms with Crippen LogP contribution in [0.25, 0.3) is 0 Å². The summed E-state index contributed by atoms with van der Waals surface area (Å²) in [7, 11) is 2.69. The zero-order valence-electron chi connectivity index (χ0n) is 11.5. The van der Waals surface area contributed by atoms with Crippen molar-refractivity contribution in [1.29, 1.82) is 0 Å². The van der Waals surface area contributed by atoms with Crippen LogP contribution in [0.15, 0.2) is 17.0 Å². The van der Waals surface area contributed by atoms with Gasteiger partial charge in [0.1, 0.15) is 4.90 Å². The standard InChI is InChI=1S/C12H14Cl3NO4S/c1-12(2,20-3)6-16-11(17)7-4-10(21(15,18)19)9(14)5-8(7)13/h4-5H,6H2,1-3H3,(H,16,17). The summed E-state index contributed by atoms with van der Waals surface area (Å²) in [5.74, 6) is -0.552. The molecule has 0 bridgehead atoms. The molecule has 0 aliphatic heterocycles. The van der Waals surface area contributed by atoms with E-state index in [0.29, 0.717) is 0 Å². The van der Waals surface area contributed by atoms with E-state index in [2.05, 4.69) is 5.32 Å². The third-order valence-electron chi connectivity index (χ3n) is 2.76. The van der Waals surface area contributed by atoms with E-state index in [9.17, 15) is 13.2 Å². The van der Waals surface area contributed by atoms with Gasteiger partial charge in [0.15, 0.2) is 0 Å². The lowest BCUT2D eigenvalue weighted by atomic mass is 10.1. The maximum atomic E-state index is 12.1. The number of amides is 1. The maximum absolute atomic E-state index is 12.1. The molecule has 0 radical (unpaired) electrons. The summed E-state index contributed by atoms with van der Waals surface area (Å²) in [6.45, 7) is 3.78. The summed E-state index contributed by atoms with van der Waals surface area (Å²) in [6.07, 6.45) is 0. The van der Waals surface area contributed by atoms with Crippen molar-refractivity contribution in [3.63, 3.8) is 0 Å². The minimum Gasteiger partial charge on any atom is -0.377 e. The second-order valence-electron chi connectivity index (χ2n) is 4.85. The lowest BCUT2D eigenvalue weighted by Gasteiger charge is -2.23. The molecule has 0 fully saturated rings. The first kappa shape index (κ1) is 18.5. The number of benzene rings is 1. The van der Waals surface area contributed by atoms with Gasteiger partial charge in [-0.05, 0) is 26.0 Å². The second kappa shape index (κ2) is 6.71. The van der Waals surface area contributed by atoms with E-state index in [1.165, 1.54) is 7.11 Å². The first-order valence-corrected chi connectivity index (χ1v) is 8.81. The molecule has 0 heterocycles. The summed E-state index contributed by atoms with van der Waals surface area (Å²) in [6, 6.07) is 2.21. The Bertz CT molecular complexity index is 659. The Balaban J connectivity index is 3.11. The molecule has 9 heteroatoms. The number of hydrogen-bond acceptors (Lipinski definition) is 4. The summed E-state index contributed by atoms with van der Waals surface area (Å²) >= 11 is 11.7. The zero-order valence-corrected chi connectivity index (χ0v) is 14.6. The van der Waals surface area contributed by atoms with Gasteiger partial charge in [0, 0.05) is 24.3 Å². The Kier molecular flexibility index (Phi) is 5.91. The van der Waals surface area contributed by atoms with Gasteiger partial charge in [-0.1, -0.05) is 23.2 Å². The van der Waals surface area contributed by atoms with Crippen molar-refractivity contribution >= 4 is 48.8 Å². The Morgan fingerprint density at radius 1 is 1.29 bits per heavy atom. The van der Waals surface area contributed by atoms with Crippen LogP contribution in [0.5, 0.6) is 0 Å². The average molecular weight is 375 g/mol. The molecule has 0 aliphatic rings. The monoisotopic (exact) mass is 373 g/mol. The van der Waals surface area contributed by atoms with Gasteiger partial charge in [-0.3, -0.25) is 4.79 Å². The molecule has 1 aromatic rings. The summed E-state index contributed by atoms with van der Waals surface area (Å²) in [5, 5.41) is 2.48. The Morgan fingerprint density at radius 3 is 2.33 bits per heavy atom. The van der Waals surface area contributed by atoms with Gasteiger partial charge >= 0.3 is 0 Å². The molecular weight excluding hydrogens is 361 g/mol. The lowest BCUT2D eigenvalue weighted by Crippen LogP contribution is -2.39.